The zero-order valence-corrected chi connectivity index (χ0v) is 14.8. The largest absolute Gasteiger partial charge is 0.370 e. The van der Waals surface area contributed by atoms with Gasteiger partial charge in [-0.1, -0.05) is 26.0 Å². The molecule has 1 aromatic rings. The van der Waals surface area contributed by atoms with Gasteiger partial charge in [-0.3, -0.25) is 0 Å². The predicted molar refractivity (Wildman–Crippen MR) is 94.9 cm³/mol. The highest BCUT2D eigenvalue weighted by Crippen LogP contribution is 2.16. The minimum Gasteiger partial charge on any atom is -0.370 e. The lowest BCUT2D eigenvalue weighted by atomic mass is 10.2. The molecule has 0 spiro atoms. The van der Waals surface area contributed by atoms with Crippen LogP contribution in [0.15, 0.2) is 39.1 Å². The molecule has 23 heavy (non-hydrogen) atoms. The minimum absolute atomic E-state index is 0. The van der Waals surface area contributed by atoms with E-state index in [1.807, 2.05) is 0 Å². The van der Waals surface area contributed by atoms with Crippen LogP contribution in [0.2, 0.25) is 0 Å². The molecule has 0 aliphatic heterocycles. The molecule has 6 N–H and O–H groups in total. The van der Waals surface area contributed by atoms with Gasteiger partial charge in [0.05, 0.1) is 11.4 Å². The van der Waals surface area contributed by atoms with Gasteiger partial charge in [-0.25, -0.2) is 13.4 Å². The molecule has 0 saturated heterocycles. The fourth-order valence-electron chi connectivity index (χ4n) is 1.82. The van der Waals surface area contributed by atoms with Gasteiger partial charge in [0.1, 0.15) is 0 Å². The molecule has 0 saturated carbocycles. The van der Waals surface area contributed by atoms with Crippen molar-refractivity contribution in [2.45, 2.75) is 25.3 Å². The van der Waals surface area contributed by atoms with E-state index in [0.717, 1.165) is 5.56 Å². The SMILES string of the molecule is CCN(CC)S(=O)(=O)c1ccc(CN=C(N)N=C(N)N)cc1.Cl. The van der Waals surface area contributed by atoms with Crippen molar-refractivity contribution < 1.29 is 8.42 Å². The Morgan fingerprint density at radius 3 is 2.04 bits per heavy atom. The van der Waals surface area contributed by atoms with E-state index in [-0.39, 0.29) is 35.8 Å². The van der Waals surface area contributed by atoms with Gasteiger partial charge in [-0.15, -0.1) is 12.4 Å². The van der Waals surface area contributed by atoms with Gasteiger partial charge in [0.2, 0.25) is 16.0 Å². The minimum atomic E-state index is -3.45. The highest BCUT2D eigenvalue weighted by molar-refractivity contribution is 7.89. The van der Waals surface area contributed by atoms with Crippen molar-refractivity contribution in [2.24, 2.45) is 27.2 Å². The van der Waals surface area contributed by atoms with E-state index in [9.17, 15) is 8.42 Å². The lowest BCUT2D eigenvalue weighted by Gasteiger charge is -2.18. The van der Waals surface area contributed by atoms with Crippen LogP contribution < -0.4 is 17.2 Å². The molecule has 10 heteroatoms. The van der Waals surface area contributed by atoms with Crippen molar-refractivity contribution in [1.29, 1.82) is 0 Å². The Morgan fingerprint density at radius 2 is 1.61 bits per heavy atom. The molecule has 0 amide bonds. The molecular formula is C13H23ClN6O2S. The average molecular weight is 363 g/mol. The zero-order valence-electron chi connectivity index (χ0n) is 13.1. The van der Waals surface area contributed by atoms with E-state index in [1.54, 1.807) is 38.1 Å². The lowest BCUT2D eigenvalue weighted by molar-refractivity contribution is 0.445. The first-order valence-corrected chi connectivity index (χ1v) is 8.23. The predicted octanol–water partition coefficient (Wildman–Crippen LogP) is 0.227. The molecule has 0 aliphatic rings. The van der Waals surface area contributed by atoms with Gasteiger partial charge in [0, 0.05) is 13.1 Å². The summed E-state index contributed by atoms with van der Waals surface area (Å²) < 4.78 is 26.1. The number of benzene rings is 1. The van der Waals surface area contributed by atoms with Crippen molar-refractivity contribution in [3.05, 3.63) is 29.8 Å². The fraction of sp³-hybridized carbons (Fsp3) is 0.385. The van der Waals surface area contributed by atoms with Crippen molar-refractivity contribution in [2.75, 3.05) is 13.1 Å². The summed E-state index contributed by atoms with van der Waals surface area (Å²) in [7, 11) is -3.45. The fourth-order valence-corrected chi connectivity index (χ4v) is 3.28. The van der Waals surface area contributed by atoms with Crippen LogP contribution >= 0.6 is 12.4 Å². The summed E-state index contributed by atoms with van der Waals surface area (Å²) in [6.45, 7) is 4.72. The Hall–Kier alpha value is -1.84. The number of aliphatic imine (C=N–C) groups is 2. The van der Waals surface area contributed by atoms with E-state index in [2.05, 4.69) is 9.98 Å². The molecule has 0 bridgehead atoms. The van der Waals surface area contributed by atoms with Crippen molar-refractivity contribution >= 4 is 34.3 Å². The molecule has 0 atom stereocenters. The Labute approximate surface area is 142 Å². The zero-order chi connectivity index (χ0) is 16.8. The maximum atomic E-state index is 12.3. The number of hydrogen-bond donors (Lipinski definition) is 3. The molecule has 0 aliphatic carbocycles. The van der Waals surface area contributed by atoms with Gasteiger partial charge < -0.3 is 17.2 Å². The van der Waals surface area contributed by atoms with Crippen LogP contribution in [0.25, 0.3) is 0 Å². The number of nitrogens with two attached hydrogens (primary N) is 3. The van der Waals surface area contributed by atoms with E-state index in [1.165, 1.54) is 4.31 Å². The third-order valence-electron chi connectivity index (χ3n) is 2.93. The second-order valence-electron chi connectivity index (χ2n) is 4.44. The lowest BCUT2D eigenvalue weighted by Crippen LogP contribution is -2.30. The average Bonchev–Trinajstić information content (AvgIpc) is 2.46. The third kappa shape index (κ3) is 6.05. The summed E-state index contributed by atoms with van der Waals surface area (Å²) in [5.41, 5.74) is 16.7. The molecule has 8 nitrogen and oxygen atoms in total. The second kappa shape index (κ2) is 9.33. The Balaban J connectivity index is 0.00000484. The number of halogens is 1. The Kier molecular flexibility index (Phi) is 8.59. The van der Waals surface area contributed by atoms with Crippen LogP contribution in [-0.4, -0.2) is 37.7 Å². The normalized spacial score (nSPS) is 11.9. The summed E-state index contributed by atoms with van der Waals surface area (Å²) in [6, 6.07) is 6.47. The molecule has 130 valence electrons. The van der Waals surface area contributed by atoms with Crippen LogP contribution in [0.5, 0.6) is 0 Å². The summed E-state index contributed by atoms with van der Waals surface area (Å²) in [5.74, 6) is -0.193. The number of guanidine groups is 2. The first-order valence-electron chi connectivity index (χ1n) is 6.79. The van der Waals surface area contributed by atoms with Crippen molar-refractivity contribution in [3.63, 3.8) is 0 Å². The first-order chi connectivity index (χ1) is 10.3. The van der Waals surface area contributed by atoms with Crippen molar-refractivity contribution in [1.82, 2.24) is 4.31 Å². The van der Waals surface area contributed by atoms with Crippen LogP contribution in [0.3, 0.4) is 0 Å². The number of sulfonamides is 1. The third-order valence-corrected chi connectivity index (χ3v) is 5.00. The van der Waals surface area contributed by atoms with Gasteiger partial charge in [-0.2, -0.15) is 9.30 Å². The van der Waals surface area contributed by atoms with Gasteiger partial charge >= 0.3 is 0 Å². The summed E-state index contributed by atoms with van der Waals surface area (Å²) in [4.78, 5) is 7.82. The quantitative estimate of drug-likeness (QED) is 0.490. The summed E-state index contributed by atoms with van der Waals surface area (Å²) in [6.07, 6.45) is 0. The summed E-state index contributed by atoms with van der Waals surface area (Å²) in [5, 5.41) is 0. The molecular weight excluding hydrogens is 340 g/mol. The Bertz CT molecular complexity index is 650. The van der Waals surface area contributed by atoms with Crippen LogP contribution in [-0.2, 0) is 16.6 Å². The topological polar surface area (TPSA) is 140 Å². The highest BCUT2D eigenvalue weighted by atomic mass is 35.5. The molecule has 0 fully saturated rings. The molecule has 0 unspecified atom stereocenters. The standard InChI is InChI=1S/C13H22N6O2S.ClH/c1-3-19(4-2)22(20,21)11-7-5-10(6-8-11)9-17-13(16)18-12(14)15;/h5-8H,3-4,9H2,1-2H3,(H6,14,15,16,17,18);1H. The van der Waals surface area contributed by atoms with Crippen LogP contribution in [0, 0.1) is 0 Å². The second-order valence-corrected chi connectivity index (χ2v) is 6.38. The molecule has 1 rings (SSSR count). The van der Waals surface area contributed by atoms with E-state index < -0.39 is 10.0 Å². The summed E-state index contributed by atoms with van der Waals surface area (Å²) >= 11 is 0. The molecule has 0 aromatic heterocycles. The van der Waals surface area contributed by atoms with E-state index in [0.29, 0.717) is 13.1 Å². The smallest absolute Gasteiger partial charge is 0.243 e. The highest BCUT2D eigenvalue weighted by Gasteiger charge is 2.20. The Morgan fingerprint density at radius 1 is 1.09 bits per heavy atom. The van der Waals surface area contributed by atoms with E-state index >= 15 is 0 Å². The molecule has 0 heterocycles. The van der Waals surface area contributed by atoms with Gasteiger partial charge in [0.25, 0.3) is 0 Å². The number of rotatable bonds is 6. The molecule has 0 radical (unpaired) electrons. The monoisotopic (exact) mass is 362 g/mol. The number of hydrogen-bond acceptors (Lipinski definition) is 3. The maximum Gasteiger partial charge on any atom is 0.243 e. The first kappa shape index (κ1) is 21.2. The maximum absolute atomic E-state index is 12.3. The molecule has 1 aromatic carbocycles. The van der Waals surface area contributed by atoms with Crippen molar-refractivity contribution in [3.8, 4) is 0 Å². The number of nitrogens with zero attached hydrogens (tertiary/aromatic N) is 3. The van der Waals surface area contributed by atoms with Crippen LogP contribution in [0.4, 0.5) is 0 Å². The van der Waals surface area contributed by atoms with Crippen LogP contribution in [0.1, 0.15) is 19.4 Å². The van der Waals surface area contributed by atoms with Gasteiger partial charge in [0.15, 0.2) is 5.96 Å². The van der Waals surface area contributed by atoms with Gasteiger partial charge in [-0.05, 0) is 17.7 Å². The van der Waals surface area contributed by atoms with E-state index in [4.69, 9.17) is 17.2 Å².